The number of hydrogen-bond acceptors (Lipinski definition) is 4. The summed E-state index contributed by atoms with van der Waals surface area (Å²) in [7, 11) is 0. The fourth-order valence-electron chi connectivity index (χ4n) is 2.41. The molecule has 0 bridgehead atoms. The maximum Gasteiger partial charge on any atom is 0.273 e. The van der Waals surface area contributed by atoms with Gasteiger partial charge in [-0.25, -0.2) is 4.68 Å². The Balaban J connectivity index is 0.00000220. The summed E-state index contributed by atoms with van der Waals surface area (Å²) in [5.41, 5.74) is 0.415. The molecule has 0 radical (unpaired) electrons. The Labute approximate surface area is 132 Å². The standard InChI is InChI=1S/C14H25N5O.ClH/c1-4-10(2)11(3)16-14(20)13-9-19(18-17-13)12-5-7-15-8-6-12;/h9-12,15H,4-8H2,1-3H3,(H,16,20);1H. The van der Waals surface area contributed by atoms with Crippen molar-refractivity contribution in [3.05, 3.63) is 11.9 Å². The number of amides is 1. The van der Waals surface area contributed by atoms with E-state index in [4.69, 9.17) is 0 Å². The lowest BCUT2D eigenvalue weighted by Crippen LogP contribution is -2.37. The lowest BCUT2D eigenvalue weighted by molar-refractivity contribution is 0.0923. The van der Waals surface area contributed by atoms with Crippen LogP contribution in [-0.2, 0) is 0 Å². The number of carbonyl (C=O) groups excluding carboxylic acids is 1. The highest BCUT2D eigenvalue weighted by Crippen LogP contribution is 2.17. The zero-order valence-electron chi connectivity index (χ0n) is 13.0. The molecule has 0 aliphatic carbocycles. The van der Waals surface area contributed by atoms with E-state index >= 15 is 0 Å². The van der Waals surface area contributed by atoms with Crippen molar-refractivity contribution in [2.75, 3.05) is 13.1 Å². The lowest BCUT2D eigenvalue weighted by atomic mass is 10.0. The summed E-state index contributed by atoms with van der Waals surface area (Å²) in [6, 6.07) is 0.508. The molecule has 2 unspecified atom stereocenters. The number of rotatable bonds is 5. The van der Waals surface area contributed by atoms with Gasteiger partial charge in [0.2, 0.25) is 0 Å². The quantitative estimate of drug-likeness (QED) is 0.869. The van der Waals surface area contributed by atoms with Crippen LogP contribution in [0.2, 0.25) is 0 Å². The Bertz CT molecular complexity index is 444. The van der Waals surface area contributed by atoms with Gasteiger partial charge in [0.25, 0.3) is 5.91 Å². The molecule has 1 aliphatic rings. The number of hydrogen-bond donors (Lipinski definition) is 2. The molecule has 1 saturated heterocycles. The molecule has 2 N–H and O–H groups in total. The van der Waals surface area contributed by atoms with Gasteiger partial charge in [0.05, 0.1) is 12.2 Å². The molecule has 0 spiro atoms. The molecule has 7 heteroatoms. The number of nitrogens with zero attached hydrogens (tertiary/aromatic N) is 3. The Morgan fingerprint density at radius 1 is 1.48 bits per heavy atom. The Hall–Kier alpha value is -1.14. The van der Waals surface area contributed by atoms with Crippen molar-refractivity contribution in [3.63, 3.8) is 0 Å². The molecule has 6 nitrogen and oxygen atoms in total. The molecule has 1 aromatic heterocycles. The Morgan fingerprint density at radius 2 is 2.14 bits per heavy atom. The maximum atomic E-state index is 12.1. The fraction of sp³-hybridized carbons (Fsp3) is 0.786. The molecule has 0 aromatic carbocycles. The zero-order valence-corrected chi connectivity index (χ0v) is 13.8. The van der Waals surface area contributed by atoms with Gasteiger partial charge in [0.15, 0.2) is 5.69 Å². The number of halogens is 1. The highest BCUT2D eigenvalue weighted by Gasteiger charge is 2.20. The van der Waals surface area contributed by atoms with Gasteiger partial charge in [-0.05, 0) is 38.8 Å². The van der Waals surface area contributed by atoms with Gasteiger partial charge in [-0.15, -0.1) is 17.5 Å². The van der Waals surface area contributed by atoms with Gasteiger partial charge in [0.1, 0.15) is 0 Å². The van der Waals surface area contributed by atoms with E-state index in [-0.39, 0.29) is 24.4 Å². The molecule has 120 valence electrons. The van der Waals surface area contributed by atoms with Crippen LogP contribution in [0.25, 0.3) is 0 Å². The molecule has 2 rings (SSSR count). The minimum atomic E-state index is -0.127. The van der Waals surface area contributed by atoms with Gasteiger partial charge in [-0.1, -0.05) is 25.5 Å². The molecule has 1 fully saturated rings. The first-order valence-corrected chi connectivity index (χ1v) is 7.55. The van der Waals surface area contributed by atoms with Crippen LogP contribution in [0, 0.1) is 5.92 Å². The van der Waals surface area contributed by atoms with Crippen molar-refractivity contribution in [3.8, 4) is 0 Å². The highest BCUT2D eigenvalue weighted by atomic mass is 35.5. The third-order valence-electron chi connectivity index (χ3n) is 4.28. The predicted octanol–water partition coefficient (Wildman–Crippen LogP) is 1.79. The fourth-order valence-corrected chi connectivity index (χ4v) is 2.41. The van der Waals surface area contributed by atoms with E-state index in [1.807, 2.05) is 11.6 Å². The average Bonchev–Trinajstić information content (AvgIpc) is 2.97. The second-order valence-electron chi connectivity index (χ2n) is 5.71. The van der Waals surface area contributed by atoms with E-state index in [1.54, 1.807) is 6.20 Å². The van der Waals surface area contributed by atoms with E-state index in [2.05, 4.69) is 34.8 Å². The summed E-state index contributed by atoms with van der Waals surface area (Å²) in [5, 5.41) is 14.4. The monoisotopic (exact) mass is 315 g/mol. The number of nitrogens with one attached hydrogen (secondary N) is 2. The summed E-state index contributed by atoms with van der Waals surface area (Å²) < 4.78 is 1.84. The third-order valence-corrected chi connectivity index (χ3v) is 4.28. The largest absolute Gasteiger partial charge is 0.348 e. The summed E-state index contributed by atoms with van der Waals surface area (Å²) in [4.78, 5) is 12.1. The third kappa shape index (κ3) is 4.68. The molecule has 1 aromatic rings. The van der Waals surface area contributed by atoms with E-state index in [0.29, 0.717) is 17.7 Å². The van der Waals surface area contributed by atoms with Crippen LogP contribution < -0.4 is 10.6 Å². The van der Waals surface area contributed by atoms with E-state index in [9.17, 15) is 4.79 Å². The topological polar surface area (TPSA) is 71.8 Å². The van der Waals surface area contributed by atoms with Crippen LogP contribution in [0.1, 0.15) is 56.6 Å². The predicted molar refractivity (Wildman–Crippen MR) is 84.8 cm³/mol. The molecule has 0 saturated carbocycles. The minimum Gasteiger partial charge on any atom is -0.348 e. The number of carbonyl (C=O) groups is 1. The molecule has 2 heterocycles. The van der Waals surface area contributed by atoms with Crippen molar-refractivity contribution in [1.29, 1.82) is 0 Å². The second-order valence-corrected chi connectivity index (χ2v) is 5.71. The molecule has 1 aliphatic heterocycles. The first-order chi connectivity index (χ1) is 9.61. The summed E-state index contributed by atoms with van der Waals surface area (Å²) in [6.07, 6.45) is 4.89. The minimum absolute atomic E-state index is 0. The molecule has 21 heavy (non-hydrogen) atoms. The SMILES string of the molecule is CCC(C)C(C)NC(=O)c1cn(C2CCNCC2)nn1.Cl. The van der Waals surface area contributed by atoms with Gasteiger partial charge in [0, 0.05) is 6.04 Å². The maximum absolute atomic E-state index is 12.1. The van der Waals surface area contributed by atoms with Crippen LogP contribution in [0.3, 0.4) is 0 Å². The van der Waals surface area contributed by atoms with Crippen molar-refractivity contribution in [2.24, 2.45) is 5.92 Å². The summed E-state index contributed by atoms with van der Waals surface area (Å²) >= 11 is 0. The summed E-state index contributed by atoms with van der Waals surface area (Å²) in [5.74, 6) is 0.330. The van der Waals surface area contributed by atoms with Crippen molar-refractivity contribution >= 4 is 18.3 Å². The highest BCUT2D eigenvalue weighted by molar-refractivity contribution is 5.92. The van der Waals surface area contributed by atoms with Crippen molar-refractivity contribution in [1.82, 2.24) is 25.6 Å². The van der Waals surface area contributed by atoms with E-state index < -0.39 is 0 Å². The second kappa shape index (κ2) is 8.34. The first kappa shape index (κ1) is 17.9. The number of piperidine rings is 1. The van der Waals surface area contributed by atoms with Gasteiger partial charge < -0.3 is 10.6 Å². The zero-order chi connectivity index (χ0) is 14.5. The Kier molecular flexibility index (Phi) is 7.11. The molecular formula is C14H26ClN5O. The van der Waals surface area contributed by atoms with Crippen LogP contribution in [0.15, 0.2) is 6.20 Å². The summed E-state index contributed by atoms with van der Waals surface area (Å²) in [6.45, 7) is 8.29. The molecule has 1 amide bonds. The molecule has 2 atom stereocenters. The van der Waals surface area contributed by atoms with E-state index in [1.165, 1.54) is 0 Å². The lowest BCUT2D eigenvalue weighted by Gasteiger charge is -2.22. The van der Waals surface area contributed by atoms with Crippen LogP contribution >= 0.6 is 12.4 Å². The normalized spacial score (nSPS) is 18.6. The van der Waals surface area contributed by atoms with Crippen LogP contribution in [-0.4, -0.2) is 40.0 Å². The average molecular weight is 316 g/mol. The van der Waals surface area contributed by atoms with Gasteiger partial charge >= 0.3 is 0 Å². The van der Waals surface area contributed by atoms with Gasteiger partial charge in [-0.2, -0.15) is 0 Å². The first-order valence-electron chi connectivity index (χ1n) is 7.55. The van der Waals surface area contributed by atoms with Crippen molar-refractivity contribution < 1.29 is 4.79 Å². The smallest absolute Gasteiger partial charge is 0.273 e. The van der Waals surface area contributed by atoms with Gasteiger partial charge in [-0.3, -0.25) is 4.79 Å². The van der Waals surface area contributed by atoms with Crippen LogP contribution in [0.5, 0.6) is 0 Å². The van der Waals surface area contributed by atoms with Crippen LogP contribution in [0.4, 0.5) is 0 Å². The molecular weight excluding hydrogens is 290 g/mol. The number of aromatic nitrogens is 3. The van der Waals surface area contributed by atoms with Crippen molar-refractivity contribution in [2.45, 2.75) is 52.1 Å². The Morgan fingerprint density at radius 3 is 2.76 bits per heavy atom. The van der Waals surface area contributed by atoms with E-state index in [0.717, 1.165) is 32.4 Å².